The maximum Gasteiger partial charge on any atom is 0.300 e. The lowest BCUT2D eigenvalue weighted by Gasteiger charge is -2.08. The van der Waals surface area contributed by atoms with Crippen LogP contribution in [0.2, 0.25) is 0 Å². The predicted octanol–water partition coefficient (Wildman–Crippen LogP) is 3.18. The summed E-state index contributed by atoms with van der Waals surface area (Å²) in [5.74, 6) is 3.50. The molecule has 2 aromatic heterocycles. The Labute approximate surface area is 167 Å². The van der Waals surface area contributed by atoms with Gasteiger partial charge in [-0.3, -0.25) is 9.48 Å². The predicted molar refractivity (Wildman–Crippen MR) is 109 cm³/mol. The molecule has 0 aliphatic rings. The molecule has 0 saturated heterocycles. The fourth-order valence-electron chi connectivity index (χ4n) is 3.04. The van der Waals surface area contributed by atoms with Gasteiger partial charge in [0.1, 0.15) is 21.7 Å². The molecule has 0 atom stereocenters. The Morgan fingerprint density at radius 3 is 2.57 bits per heavy atom. The van der Waals surface area contributed by atoms with Crippen molar-refractivity contribution in [3.8, 4) is 23.8 Å². The number of fused-ring (bicyclic) bond motifs is 1. The minimum atomic E-state index is -0.419. The van der Waals surface area contributed by atoms with Crippen LogP contribution in [0.15, 0.2) is 23.2 Å². The summed E-state index contributed by atoms with van der Waals surface area (Å²) in [5.41, 5.74) is 1.96. The quantitative estimate of drug-likeness (QED) is 0.619. The molecule has 3 aromatic rings. The first-order valence-corrected chi connectivity index (χ1v) is 9.55. The van der Waals surface area contributed by atoms with Crippen LogP contribution < -0.4 is 14.3 Å². The number of nitrogens with zero attached hydrogens (tertiary/aromatic N) is 4. The molecule has 0 unspecified atom stereocenters. The third kappa shape index (κ3) is 3.41. The van der Waals surface area contributed by atoms with Crippen molar-refractivity contribution in [3.63, 3.8) is 0 Å². The first-order chi connectivity index (χ1) is 13.4. The highest BCUT2D eigenvalue weighted by Crippen LogP contribution is 2.35. The van der Waals surface area contributed by atoms with Gasteiger partial charge in [-0.05, 0) is 39.0 Å². The molecule has 2 heterocycles. The Morgan fingerprint density at radius 2 is 2.00 bits per heavy atom. The first kappa shape index (κ1) is 19.7. The Kier molecular flexibility index (Phi) is 5.56. The van der Waals surface area contributed by atoms with Crippen molar-refractivity contribution >= 4 is 27.5 Å². The van der Waals surface area contributed by atoms with E-state index in [-0.39, 0.29) is 12.6 Å². The molecule has 0 bridgehead atoms. The molecule has 0 spiro atoms. The zero-order chi connectivity index (χ0) is 20.4. The summed E-state index contributed by atoms with van der Waals surface area (Å²) in [7, 11) is 3.18. The van der Waals surface area contributed by atoms with Crippen LogP contribution in [0.4, 0.5) is 0 Å². The standard InChI is InChI=1S/C20H22N4O3S/c1-7-10-23-17-15(26-5)8-9-16(27-6)18(17)28-20(23)21-19(25)14-11-13(4)24(22-14)12(2)3/h1,8-9,11-12H,10H2,2-6H3. The molecule has 146 valence electrons. The van der Waals surface area contributed by atoms with Crippen LogP contribution in [-0.2, 0) is 6.54 Å². The summed E-state index contributed by atoms with van der Waals surface area (Å²) >= 11 is 1.33. The average molecular weight is 398 g/mol. The van der Waals surface area contributed by atoms with E-state index in [1.807, 2.05) is 26.8 Å². The van der Waals surface area contributed by atoms with Crippen LogP contribution in [0.3, 0.4) is 0 Å². The number of terminal acetylenes is 1. The number of amides is 1. The van der Waals surface area contributed by atoms with Crippen molar-refractivity contribution < 1.29 is 14.3 Å². The van der Waals surface area contributed by atoms with E-state index < -0.39 is 5.91 Å². The summed E-state index contributed by atoms with van der Waals surface area (Å²) < 4.78 is 15.3. The zero-order valence-electron chi connectivity index (χ0n) is 16.5. The fraction of sp³-hybridized carbons (Fsp3) is 0.350. The fourth-order valence-corrected chi connectivity index (χ4v) is 4.17. The average Bonchev–Trinajstić information content (AvgIpc) is 3.23. The van der Waals surface area contributed by atoms with E-state index in [1.165, 1.54) is 11.3 Å². The van der Waals surface area contributed by atoms with E-state index in [2.05, 4.69) is 16.0 Å². The van der Waals surface area contributed by atoms with Crippen molar-refractivity contribution in [1.29, 1.82) is 0 Å². The van der Waals surface area contributed by atoms with Crippen LogP contribution >= 0.6 is 11.3 Å². The van der Waals surface area contributed by atoms with Crippen LogP contribution in [-0.4, -0.2) is 34.5 Å². The number of aromatic nitrogens is 3. The summed E-state index contributed by atoms with van der Waals surface area (Å²) in [5, 5.41) is 4.38. The Balaban J connectivity index is 2.22. The summed E-state index contributed by atoms with van der Waals surface area (Å²) in [6.45, 7) is 6.18. The van der Waals surface area contributed by atoms with Gasteiger partial charge in [0.05, 0.1) is 20.8 Å². The second-order valence-corrected chi connectivity index (χ2v) is 7.43. The zero-order valence-corrected chi connectivity index (χ0v) is 17.3. The van der Waals surface area contributed by atoms with Gasteiger partial charge in [0.25, 0.3) is 5.91 Å². The van der Waals surface area contributed by atoms with Gasteiger partial charge in [0.2, 0.25) is 0 Å². The molecule has 0 aliphatic carbocycles. The van der Waals surface area contributed by atoms with Gasteiger partial charge in [-0.1, -0.05) is 17.3 Å². The lowest BCUT2D eigenvalue weighted by molar-refractivity contribution is 0.0992. The topological polar surface area (TPSA) is 70.6 Å². The van der Waals surface area contributed by atoms with E-state index in [0.29, 0.717) is 22.0 Å². The number of methoxy groups -OCH3 is 2. The number of benzene rings is 1. The second kappa shape index (κ2) is 7.90. The van der Waals surface area contributed by atoms with E-state index >= 15 is 0 Å². The number of thiazole rings is 1. The molecule has 8 heteroatoms. The number of carbonyl (C=O) groups excluding carboxylic acids is 1. The van der Waals surface area contributed by atoms with Crippen molar-refractivity contribution in [3.05, 3.63) is 34.4 Å². The lowest BCUT2D eigenvalue weighted by Crippen LogP contribution is -2.17. The molecule has 0 N–H and O–H groups in total. The minimum absolute atomic E-state index is 0.158. The van der Waals surface area contributed by atoms with E-state index in [0.717, 1.165) is 15.9 Å². The largest absolute Gasteiger partial charge is 0.495 e. The smallest absolute Gasteiger partial charge is 0.300 e. The van der Waals surface area contributed by atoms with Gasteiger partial charge in [-0.25, -0.2) is 0 Å². The van der Waals surface area contributed by atoms with Crippen LogP contribution in [0, 0.1) is 19.3 Å². The van der Waals surface area contributed by atoms with Gasteiger partial charge < -0.3 is 14.0 Å². The summed E-state index contributed by atoms with van der Waals surface area (Å²) in [6, 6.07) is 5.52. The number of ether oxygens (including phenoxy) is 2. The number of hydrogen-bond donors (Lipinski definition) is 0. The highest BCUT2D eigenvalue weighted by molar-refractivity contribution is 7.16. The highest BCUT2D eigenvalue weighted by atomic mass is 32.1. The van der Waals surface area contributed by atoms with E-state index in [4.69, 9.17) is 15.9 Å². The Morgan fingerprint density at radius 1 is 1.32 bits per heavy atom. The van der Waals surface area contributed by atoms with E-state index in [9.17, 15) is 4.79 Å². The summed E-state index contributed by atoms with van der Waals surface area (Å²) in [6.07, 6.45) is 5.56. The molecular formula is C20H22N4O3S. The van der Waals surface area contributed by atoms with Crippen LogP contribution in [0.25, 0.3) is 10.2 Å². The number of hydrogen-bond acceptors (Lipinski definition) is 5. The number of carbonyl (C=O) groups is 1. The Bertz CT molecular complexity index is 1140. The highest BCUT2D eigenvalue weighted by Gasteiger charge is 2.18. The van der Waals surface area contributed by atoms with Crippen molar-refractivity contribution in [1.82, 2.24) is 14.3 Å². The minimum Gasteiger partial charge on any atom is -0.495 e. The molecule has 7 nitrogen and oxygen atoms in total. The van der Waals surface area contributed by atoms with E-state index in [1.54, 1.807) is 35.6 Å². The molecule has 1 amide bonds. The summed E-state index contributed by atoms with van der Waals surface area (Å²) in [4.78, 5) is 17.6. The van der Waals surface area contributed by atoms with Gasteiger partial charge in [0.15, 0.2) is 10.5 Å². The number of aryl methyl sites for hydroxylation is 1. The number of rotatable bonds is 5. The third-order valence-electron chi connectivity index (χ3n) is 4.27. The SMILES string of the molecule is C#CCn1c(=NC(=O)c2cc(C)n(C(C)C)n2)sc2c(OC)ccc(OC)c21. The first-order valence-electron chi connectivity index (χ1n) is 8.74. The van der Waals surface area contributed by atoms with Crippen molar-refractivity contribution in [2.24, 2.45) is 4.99 Å². The molecule has 0 radical (unpaired) electrons. The van der Waals surface area contributed by atoms with Crippen molar-refractivity contribution in [2.75, 3.05) is 14.2 Å². The molecule has 1 aromatic carbocycles. The monoisotopic (exact) mass is 398 g/mol. The maximum atomic E-state index is 12.8. The normalized spacial score (nSPS) is 11.8. The van der Waals surface area contributed by atoms with Gasteiger partial charge >= 0.3 is 0 Å². The molecule has 0 aliphatic heterocycles. The molecular weight excluding hydrogens is 376 g/mol. The molecule has 0 fully saturated rings. The molecule has 3 rings (SSSR count). The molecule has 0 saturated carbocycles. The van der Waals surface area contributed by atoms with Crippen LogP contribution in [0.5, 0.6) is 11.5 Å². The third-order valence-corrected chi connectivity index (χ3v) is 5.36. The van der Waals surface area contributed by atoms with Gasteiger partial charge in [-0.15, -0.1) is 6.42 Å². The van der Waals surface area contributed by atoms with Crippen molar-refractivity contribution in [2.45, 2.75) is 33.4 Å². The Hall–Kier alpha value is -3.05. The maximum absolute atomic E-state index is 12.8. The molecule has 28 heavy (non-hydrogen) atoms. The van der Waals surface area contributed by atoms with Crippen LogP contribution in [0.1, 0.15) is 36.1 Å². The lowest BCUT2D eigenvalue weighted by atomic mass is 10.3. The second-order valence-electron chi connectivity index (χ2n) is 6.45. The van der Waals surface area contributed by atoms with Gasteiger partial charge in [0, 0.05) is 11.7 Å². The van der Waals surface area contributed by atoms with Gasteiger partial charge in [-0.2, -0.15) is 10.1 Å².